The van der Waals surface area contributed by atoms with Gasteiger partial charge in [0.25, 0.3) is 11.8 Å². The summed E-state index contributed by atoms with van der Waals surface area (Å²) in [6, 6.07) is 4.82. The Morgan fingerprint density at radius 1 is 1.14 bits per heavy atom. The average molecular weight is 301 g/mol. The number of aldehydes is 1. The minimum absolute atomic E-state index is 0.166. The summed E-state index contributed by atoms with van der Waals surface area (Å²) in [4.78, 5) is 41.2. The summed E-state index contributed by atoms with van der Waals surface area (Å²) in [5.74, 6) is -0.0295. The summed E-state index contributed by atoms with van der Waals surface area (Å²) in [6.07, 6.45) is 3.65. The average Bonchev–Trinajstić information content (AvgIpc) is 3.25. The second kappa shape index (κ2) is 5.88. The highest BCUT2D eigenvalue weighted by molar-refractivity contribution is 5.95. The molecule has 1 fully saturated rings. The Balaban J connectivity index is 1.60. The number of piperazine rings is 1. The summed E-state index contributed by atoms with van der Waals surface area (Å²) in [5, 5.41) is 0. The van der Waals surface area contributed by atoms with Crippen molar-refractivity contribution in [2.75, 3.05) is 26.2 Å². The van der Waals surface area contributed by atoms with Crippen LogP contribution in [-0.4, -0.2) is 59.1 Å². The van der Waals surface area contributed by atoms with Gasteiger partial charge in [-0.3, -0.25) is 14.4 Å². The van der Waals surface area contributed by atoms with Crippen LogP contribution in [0.3, 0.4) is 0 Å². The molecule has 3 rings (SSSR count). The van der Waals surface area contributed by atoms with Crippen molar-refractivity contribution in [2.24, 2.45) is 0 Å². The number of aromatic amines is 1. The van der Waals surface area contributed by atoms with Crippen molar-refractivity contribution >= 4 is 18.1 Å². The van der Waals surface area contributed by atoms with Crippen LogP contribution >= 0.6 is 0 Å². The molecular weight excluding hydrogens is 286 g/mol. The van der Waals surface area contributed by atoms with E-state index in [0.717, 1.165) is 0 Å². The van der Waals surface area contributed by atoms with Crippen molar-refractivity contribution in [1.82, 2.24) is 14.8 Å². The van der Waals surface area contributed by atoms with Gasteiger partial charge >= 0.3 is 0 Å². The van der Waals surface area contributed by atoms with Gasteiger partial charge in [0.1, 0.15) is 5.69 Å². The highest BCUT2D eigenvalue weighted by atomic mass is 16.3. The van der Waals surface area contributed by atoms with Crippen molar-refractivity contribution in [3.05, 3.63) is 47.7 Å². The quantitative estimate of drug-likeness (QED) is 0.857. The fourth-order valence-electron chi connectivity index (χ4n) is 2.44. The van der Waals surface area contributed by atoms with E-state index in [1.165, 1.54) is 18.5 Å². The lowest BCUT2D eigenvalue weighted by Gasteiger charge is -2.34. The van der Waals surface area contributed by atoms with E-state index in [-0.39, 0.29) is 11.8 Å². The maximum atomic E-state index is 12.3. The number of nitrogens with zero attached hydrogens (tertiary/aromatic N) is 2. The molecule has 2 amide bonds. The predicted octanol–water partition coefficient (Wildman–Crippen LogP) is 1.02. The van der Waals surface area contributed by atoms with Crippen molar-refractivity contribution in [1.29, 1.82) is 0 Å². The van der Waals surface area contributed by atoms with Gasteiger partial charge in [-0.25, -0.2) is 0 Å². The molecule has 22 heavy (non-hydrogen) atoms. The Labute approximate surface area is 126 Å². The number of rotatable bonds is 3. The highest BCUT2D eigenvalue weighted by Crippen LogP contribution is 2.12. The predicted molar refractivity (Wildman–Crippen MR) is 76.7 cm³/mol. The third-order valence-electron chi connectivity index (χ3n) is 3.66. The number of hydrogen-bond acceptors (Lipinski definition) is 4. The van der Waals surface area contributed by atoms with Crippen LogP contribution in [0.5, 0.6) is 0 Å². The number of aromatic nitrogens is 1. The smallest absolute Gasteiger partial charge is 0.289 e. The van der Waals surface area contributed by atoms with Gasteiger partial charge in [-0.2, -0.15) is 0 Å². The third-order valence-corrected chi connectivity index (χ3v) is 3.66. The molecule has 7 nitrogen and oxygen atoms in total. The standard InChI is InChI=1S/C15H15N3O4/c19-10-11-8-12(16-9-11)14(20)17-3-5-18(6-4-17)15(21)13-2-1-7-22-13/h1-2,7-10,16H,3-6H2. The van der Waals surface area contributed by atoms with E-state index in [2.05, 4.69) is 4.98 Å². The molecule has 1 aliphatic rings. The Morgan fingerprint density at radius 2 is 1.82 bits per heavy atom. The van der Waals surface area contributed by atoms with Crippen LogP contribution in [0.15, 0.2) is 35.1 Å². The van der Waals surface area contributed by atoms with Gasteiger partial charge in [0.2, 0.25) is 0 Å². The van der Waals surface area contributed by atoms with Crippen molar-refractivity contribution in [3.63, 3.8) is 0 Å². The van der Waals surface area contributed by atoms with Gasteiger partial charge in [-0.1, -0.05) is 0 Å². The van der Waals surface area contributed by atoms with E-state index in [0.29, 0.717) is 49.5 Å². The molecule has 2 aromatic heterocycles. The molecule has 1 aliphatic heterocycles. The fraction of sp³-hybridized carbons (Fsp3) is 0.267. The molecule has 3 heterocycles. The van der Waals surface area contributed by atoms with E-state index >= 15 is 0 Å². The monoisotopic (exact) mass is 301 g/mol. The van der Waals surface area contributed by atoms with Gasteiger partial charge in [0.05, 0.1) is 6.26 Å². The van der Waals surface area contributed by atoms with E-state index in [4.69, 9.17) is 4.42 Å². The van der Waals surface area contributed by atoms with Gasteiger partial charge in [0.15, 0.2) is 12.0 Å². The summed E-state index contributed by atoms with van der Waals surface area (Å²) < 4.78 is 5.10. The molecule has 0 saturated carbocycles. The first-order chi connectivity index (χ1) is 10.7. The molecule has 0 spiro atoms. The lowest BCUT2D eigenvalue weighted by atomic mass is 10.2. The Bertz CT molecular complexity index is 681. The molecule has 0 radical (unpaired) electrons. The lowest BCUT2D eigenvalue weighted by molar-refractivity contribution is 0.0515. The van der Waals surface area contributed by atoms with E-state index in [1.54, 1.807) is 21.9 Å². The zero-order chi connectivity index (χ0) is 15.5. The van der Waals surface area contributed by atoms with Crippen LogP contribution in [0.25, 0.3) is 0 Å². The molecule has 0 bridgehead atoms. The van der Waals surface area contributed by atoms with Crippen molar-refractivity contribution in [3.8, 4) is 0 Å². The van der Waals surface area contributed by atoms with Gasteiger partial charge in [-0.05, 0) is 18.2 Å². The van der Waals surface area contributed by atoms with Crippen molar-refractivity contribution in [2.45, 2.75) is 0 Å². The third kappa shape index (κ3) is 2.65. The first-order valence-electron chi connectivity index (χ1n) is 6.94. The van der Waals surface area contributed by atoms with Crippen molar-refractivity contribution < 1.29 is 18.8 Å². The molecule has 0 unspecified atom stereocenters. The van der Waals surface area contributed by atoms with Crippen LogP contribution in [0.1, 0.15) is 31.4 Å². The van der Waals surface area contributed by atoms with E-state index in [1.807, 2.05) is 0 Å². The molecule has 2 aromatic rings. The molecule has 0 aliphatic carbocycles. The van der Waals surface area contributed by atoms with Crippen LogP contribution < -0.4 is 0 Å². The molecule has 1 N–H and O–H groups in total. The highest BCUT2D eigenvalue weighted by Gasteiger charge is 2.27. The molecule has 1 saturated heterocycles. The minimum atomic E-state index is -0.168. The molecule has 0 aromatic carbocycles. The number of furan rings is 1. The largest absolute Gasteiger partial charge is 0.459 e. The molecular formula is C15H15N3O4. The van der Waals surface area contributed by atoms with Crippen LogP contribution in [0, 0.1) is 0 Å². The normalized spacial score (nSPS) is 14.9. The number of carbonyl (C=O) groups excluding carboxylic acids is 3. The summed E-state index contributed by atoms with van der Waals surface area (Å²) >= 11 is 0. The van der Waals surface area contributed by atoms with Crippen LogP contribution in [0.4, 0.5) is 0 Å². The minimum Gasteiger partial charge on any atom is -0.459 e. The topological polar surface area (TPSA) is 86.6 Å². The van der Waals surface area contributed by atoms with Crippen LogP contribution in [0.2, 0.25) is 0 Å². The molecule has 0 atom stereocenters. The Kier molecular flexibility index (Phi) is 3.78. The summed E-state index contributed by atoms with van der Waals surface area (Å²) in [7, 11) is 0. The first kappa shape index (κ1) is 14.1. The maximum absolute atomic E-state index is 12.3. The zero-order valence-electron chi connectivity index (χ0n) is 11.8. The number of carbonyl (C=O) groups is 3. The number of amides is 2. The molecule has 114 valence electrons. The SMILES string of the molecule is O=Cc1c[nH]c(C(=O)N2CCN(C(=O)c3ccco3)CC2)c1. The number of H-pyrrole nitrogens is 1. The first-order valence-corrected chi connectivity index (χ1v) is 6.94. The second-order valence-corrected chi connectivity index (χ2v) is 5.03. The molecule has 7 heteroatoms. The van der Waals surface area contributed by atoms with E-state index < -0.39 is 0 Å². The number of hydrogen-bond donors (Lipinski definition) is 1. The van der Waals surface area contributed by atoms with Gasteiger partial charge < -0.3 is 19.2 Å². The Morgan fingerprint density at radius 3 is 2.36 bits per heavy atom. The number of nitrogens with one attached hydrogen (secondary N) is 1. The zero-order valence-corrected chi connectivity index (χ0v) is 11.8. The second-order valence-electron chi connectivity index (χ2n) is 5.03. The van der Waals surface area contributed by atoms with Gasteiger partial charge in [0, 0.05) is 37.9 Å². The van der Waals surface area contributed by atoms with Gasteiger partial charge in [-0.15, -0.1) is 0 Å². The fourth-order valence-corrected chi connectivity index (χ4v) is 2.44. The summed E-state index contributed by atoms with van der Waals surface area (Å²) in [6.45, 7) is 1.79. The lowest BCUT2D eigenvalue weighted by Crippen LogP contribution is -2.50. The summed E-state index contributed by atoms with van der Waals surface area (Å²) in [5.41, 5.74) is 0.822. The Hall–Kier alpha value is -2.83. The van der Waals surface area contributed by atoms with Crippen LogP contribution in [-0.2, 0) is 0 Å². The maximum Gasteiger partial charge on any atom is 0.289 e. The van der Waals surface area contributed by atoms with E-state index in [9.17, 15) is 14.4 Å².